The van der Waals surface area contributed by atoms with Crippen LogP contribution in [-0.2, 0) is 0 Å². The van der Waals surface area contributed by atoms with Gasteiger partial charge in [0.15, 0.2) is 5.58 Å². The fourth-order valence-electron chi connectivity index (χ4n) is 3.77. The van der Waals surface area contributed by atoms with Crippen LogP contribution in [0.3, 0.4) is 0 Å². The molecule has 156 valence electrons. The third-order valence-corrected chi connectivity index (χ3v) is 6.25. The van der Waals surface area contributed by atoms with Crippen molar-refractivity contribution in [1.82, 2.24) is 14.9 Å². The van der Waals surface area contributed by atoms with Crippen molar-refractivity contribution < 1.29 is 14.3 Å². The number of anilines is 1. The molecular weight excluding hydrogens is 400 g/mol. The lowest BCUT2D eigenvalue weighted by molar-refractivity contribution is 0.0660. The molecule has 0 amide bonds. The summed E-state index contributed by atoms with van der Waals surface area (Å²) in [6.07, 6.45) is -0.547. The van der Waals surface area contributed by atoms with Crippen molar-refractivity contribution in [3.05, 3.63) is 47.5 Å². The van der Waals surface area contributed by atoms with Gasteiger partial charge in [0.1, 0.15) is 24.0 Å². The Labute approximate surface area is 178 Å². The molecule has 1 fully saturated rings. The van der Waals surface area contributed by atoms with Gasteiger partial charge in [-0.3, -0.25) is 4.90 Å². The molecule has 2 aromatic heterocycles. The Kier molecular flexibility index (Phi) is 5.28. The highest BCUT2D eigenvalue weighted by atomic mass is 32.1. The van der Waals surface area contributed by atoms with Crippen LogP contribution in [0.1, 0.15) is 5.01 Å². The summed E-state index contributed by atoms with van der Waals surface area (Å²) in [5.74, 6) is 0.743. The van der Waals surface area contributed by atoms with E-state index in [0.29, 0.717) is 12.6 Å². The van der Waals surface area contributed by atoms with Crippen LogP contribution < -0.4 is 9.64 Å². The lowest BCUT2D eigenvalue weighted by atomic mass is 10.2. The van der Waals surface area contributed by atoms with Crippen LogP contribution in [0.15, 0.2) is 46.9 Å². The Hall–Kier alpha value is -2.68. The first-order valence-electron chi connectivity index (χ1n) is 10.1. The average Bonchev–Trinajstić information content (AvgIpc) is 3.35. The predicted octanol–water partition coefficient (Wildman–Crippen LogP) is 3.31. The number of oxazole rings is 1. The lowest BCUT2D eigenvalue weighted by Crippen LogP contribution is -2.49. The monoisotopic (exact) mass is 424 g/mol. The molecule has 1 saturated heterocycles. The topological polar surface area (TPSA) is 74.9 Å². The number of ether oxygens (including phenoxy) is 1. The van der Waals surface area contributed by atoms with E-state index < -0.39 is 6.10 Å². The smallest absolute Gasteiger partial charge is 0.298 e. The largest absolute Gasteiger partial charge is 0.491 e. The summed E-state index contributed by atoms with van der Waals surface area (Å²) < 4.78 is 12.8. The van der Waals surface area contributed by atoms with Gasteiger partial charge in [-0.2, -0.15) is 4.98 Å². The van der Waals surface area contributed by atoms with Crippen LogP contribution in [0.2, 0.25) is 0 Å². The number of hydrogen-bond donors (Lipinski definition) is 1. The molecule has 0 spiro atoms. The first kappa shape index (κ1) is 19.3. The minimum absolute atomic E-state index is 0.264. The second-order valence-corrected chi connectivity index (χ2v) is 8.81. The number of aliphatic hydroxyl groups excluding tert-OH is 1. The van der Waals surface area contributed by atoms with Crippen molar-refractivity contribution >= 4 is 38.7 Å². The molecule has 1 aliphatic rings. The number of hydrogen-bond acceptors (Lipinski definition) is 8. The summed E-state index contributed by atoms with van der Waals surface area (Å²) in [5, 5.41) is 11.5. The number of aromatic nitrogens is 2. The molecule has 2 aromatic carbocycles. The Balaban J connectivity index is 1.11. The lowest BCUT2D eigenvalue weighted by Gasteiger charge is -2.34. The molecule has 0 aliphatic carbocycles. The summed E-state index contributed by atoms with van der Waals surface area (Å²) in [5.41, 5.74) is 2.64. The van der Waals surface area contributed by atoms with E-state index in [1.807, 2.05) is 49.4 Å². The number of aryl methyl sites for hydroxylation is 1. The van der Waals surface area contributed by atoms with Gasteiger partial charge in [-0.1, -0.05) is 12.1 Å². The zero-order valence-corrected chi connectivity index (χ0v) is 17.6. The number of nitrogens with zero attached hydrogens (tertiary/aromatic N) is 4. The highest BCUT2D eigenvalue weighted by Crippen LogP contribution is 2.26. The van der Waals surface area contributed by atoms with Gasteiger partial charge in [-0.25, -0.2) is 4.98 Å². The zero-order chi connectivity index (χ0) is 20.5. The normalized spacial score (nSPS) is 16.4. The molecule has 8 heteroatoms. The van der Waals surface area contributed by atoms with Crippen molar-refractivity contribution in [2.24, 2.45) is 0 Å². The third-order valence-electron chi connectivity index (χ3n) is 5.30. The molecular formula is C22H24N4O3S. The van der Waals surface area contributed by atoms with E-state index in [4.69, 9.17) is 9.15 Å². The van der Waals surface area contributed by atoms with Gasteiger partial charge < -0.3 is 19.2 Å². The van der Waals surface area contributed by atoms with E-state index >= 15 is 0 Å². The van der Waals surface area contributed by atoms with Crippen LogP contribution in [0.4, 0.5) is 6.01 Å². The second-order valence-electron chi connectivity index (χ2n) is 7.58. The highest BCUT2D eigenvalue weighted by Gasteiger charge is 2.22. The Bertz CT molecular complexity index is 1120. The predicted molar refractivity (Wildman–Crippen MR) is 119 cm³/mol. The maximum absolute atomic E-state index is 10.4. The molecule has 1 N–H and O–H groups in total. The Morgan fingerprint density at radius 2 is 1.93 bits per heavy atom. The molecule has 5 rings (SSSR count). The van der Waals surface area contributed by atoms with Crippen molar-refractivity contribution in [2.75, 3.05) is 44.2 Å². The Morgan fingerprint density at radius 1 is 1.10 bits per heavy atom. The summed E-state index contributed by atoms with van der Waals surface area (Å²) in [6, 6.07) is 14.4. The highest BCUT2D eigenvalue weighted by molar-refractivity contribution is 7.18. The van der Waals surface area contributed by atoms with Gasteiger partial charge in [0.2, 0.25) is 0 Å². The number of β-amino-alcohol motifs (C(OH)–C–C–N with tert-alkyl or cyclic N) is 1. The zero-order valence-electron chi connectivity index (χ0n) is 16.8. The summed E-state index contributed by atoms with van der Waals surface area (Å²) in [4.78, 5) is 13.5. The minimum atomic E-state index is -0.547. The molecule has 0 saturated carbocycles. The molecule has 0 radical (unpaired) electrons. The second kappa shape index (κ2) is 8.22. The SMILES string of the molecule is Cc1nc2cc(OCC(O)CN3CCN(c4nc5ccccc5o4)CC3)ccc2s1. The van der Waals surface area contributed by atoms with E-state index in [9.17, 15) is 5.11 Å². The van der Waals surface area contributed by atoms with Crippen LogP contribution in [-0.4, -0.2) is 65.4 Å². The summed E-state index contributed by atoms with van der Waals surface area (Å²) >= 11 is 1.67. The summed E-state index contributed by atoms with van der Waals surface area (Å²) in [7, 11) is 0. The van der Waals surface area contributed by atoms with Gasteiger partial charge in [-0.05, 0) is 31.2 Å². The maximum Gasteiger partial charge on any atom is 0.298 e. The third kappa shape index (κ3) is 4.12. The molecule has 3 heterocycles. The van der Waals surface area contributed by atoms with E-state index in [2.05, 4.69) is 19.8 Å². The number of benzene rings is 2. The molecule has 1 atom stereocenters. The Morgan fingerprint density at radius 3 is 2.77 bits per heavy atom. The number of para-hydroxylation sites is 2. The van der Waals surface area contributed by atoms with Gasteiger partial charge in [0.25, 0.3) is 6.01 Å². The van der Waals surface area contributed by atoms with Crippen molar-refractivity contribution in [3.8, 4) is 5.75 Å². The first-order valence-corrected chi connectivity index (χ1v) is 11.0. The van der Waals surface area contributed by atoms with E-state index in [0.717, 1.165) is 58.3 Å². The van der Waals surface area contributed by atoms with Gasteiger partial charge >= 0.3 is 0 Å². The molecule has 0 bridgehead atoms. The molecule has 30 heavy (non-hydrogen) atoms. The summed E-state index contributed by atoms with van der Waals surface area (Å²) in [6.45, 7) is 6.18. The van der Waals surface area contributed by atoms with Crippen LogP contribution >= 0.6 is 11.3 Å². The van der Waals surface area contributed by atoms with Crippen LogP contribution in [0, 0.1) is 6.92 Å². The molecule has 4 aromatic rings. The van der Waals surface area contributed by atoms with Crippen molar-refractivity contribution in [3.63, 3.8) is 0 Å². The number of aliphatic hydroxyl groups is 1. The first-order chi connectivity index (χ1) is 14.6. The van der Waals surface area contributed by atoms with Crippen LogP contribution in [0.5, 0.6) is 5.75 Å². The fraction of sp³-hybridized carbons (Fsp3) is 0.364. The molecule has 7 nitrogen and oxygen atoms in total. The fourth-order valence-corrected chi connectivity index (χ4v) is 4.58. The van der Waals surface area contributed by atoms with E-state index in [1.165, 1.54) is 0 Å². The van der Waals surface area contributed by atoms with Gasteiger partial charge in [-0.15, -0.1) is 11.3 Å². The maximum atomic E-state index is 10.4. The number of rotatable bonds is 6. The standard InChI is InChI=1S/C22H24N4O3S/c1-15-23-19-12-17(6-7-21(19)30-15)28-14-16(27)13-25-8-10-26(11-9-25)22-24-18-4-2-3-5-20(18)29-22/h2-7,12,16,27H,8-11,13-14H2,1H3. The van der Waals surface area contributed by atoms with Gasteiger partial charge in [0.05, 0.1) is 15.2 Å². The number of fused-ring (bicyclic) bond motifs is 2. The minimum Gasteiger partial charge on any atom is -0.491 e. The number of thiazole rings is 1. The van der Waals surface area contributed by atoms with E-state index in [1.54, 1.807) is 11.3 Å². The quantitative estimate of drug-likeness (QED) is 0.509. The van der Waals surface area contributed by atoms with Gasteiger partial charge in [0, 0.05) is 38.8 Å². The van der Waals surface area contributed by atoms with E-state index in [-0.39, 0.29) is 6.61 Å². The average molecular weight is 425 g/mol. The number of piperazine rings is 1. The molecule has 1 aliphatic heterocycles. The van der Waals surface area contributed by atoms with Crippen LogP contribution in [0.25, 0.3) is 21.3 Å². The molecule has 1 unspecified atom stereocenters. The van der Waals surface area contributed by atoms with Crippen molar-refractivity contribution in [2.45, 2.75) is 13.0 Å². The van der Waals surface area contributed by atoms with Crippen molar-refractivity contribution in [1.29, 1.82) is 0 Å².